The van der Waals surface area contributed by atoms with Crippen molar-refractivity contribution < 1.29 is 19.7 Å². The maximum Gasteiger partial charge on any atom is 0.308 e. The maximum atomic E-state index is 11.7. The predicted molar refractivity (Wildman–Crippen MR) is 99.1 cm³/mol. The fraction of sp³-hybridized carbons (Fsp3) is 0.381. The van der Waals surface area contributed by atoms with Crippen molar-refractivity contribution in [2.45, 2.75) is 26.0 Å². The highest BCUT2D eigenvalue weighted by Crippen LogP contribution is 2.34. The molecule has 2 aromatic carbocycles. The number of benzene rings is 2. The van der Waals surface area contributed by atoms with Crippen LogP contribution in [0.2, 0.25) is 0 Å². The molecule has 0 amide bonds. The van der Waals surface area contributed by atoms with Gasteiger partial charge in [0.1, 0.15) is 5.75 Å². The highest BCUT2D eigenvalue weighted by Gasteiger charge is 2.38. The van der Waals surface area contributed by atoms with Crippen LogP contribution >= 0.6 is 0 Å². The highest BCUT2D eigenvalue weighted by atomic mass is 16.5. The van der Waals surface area contributed by atoms with E-state index in [1.54, 1.807) is 0 Å². The minimum atomic E-state index is -0.746. The van der Waals surface area contributed by atoms with Crippen LogP contribution in [-0.2, 0) is 17.9 Å². The van der Waals surface area contributed by atoms with Gasteiger partial charge in [0.2, 0.25) is 0 Å². The predicted octanol–water partition coefficient (Wildman–Crippen LogP) is 2.88. The van der Waals surface area contributed by atoms with Gasteiger partial charge in [-0.3, -0.25) is 9.69 Å². The Morgan fingerprint density at radius 1 is 1.19 bits per heavy atom. The van der Waals surface area contributed by atoms with E-state index >= 15 is 0 Å². The molecule has 0 unspecified atom stereocenters. The molecule has 26 heavy (non-hydrogen) atoms. The number of aliphatic hydroxyl groups is 1. The zero-order valence-corrected chi connectivity index (χ0v) is 15.0. The number of likely N-dealkylation sites (tertiary alicyclic amines) is 1. The van der Waals surface area contributed by atoms with E-state index in [4.69, 9.17) is 4.74 Å². The molecule has 1 aliphatic heterocycles. The highest BCUT2D eigenvalue weighted by molar-refractivity contribution is 5.72. The van der Waals surface area contributed by atoms with Gasteiger partial charge in [-0.05, 0) is 30.2 Å². The molecular weight excluding hydrogens is 330 g/mol. The normalized spacial score (nSPS) is 20.2. The van der Waals surface area contributed by atoms with Crippen LogP contribution in [0.1, 0.15) is 29.5 Å². The van der Waals surface area contributed by atoms with Crippen LogP contribution in [0.4, 0.5) is 0 Å². The van der Waals surface area contributed by atoms with Crippen molar-refractivity contribution in [2.24, 2.45) is 5.92 Å². The van der Waals surface area contributed by atoms with Gasteiger partial charge < -0.3 is 14.9 Å². The summed E-state index contributed by atoms with van der Waals surface area (Å²) in [5.74, 6) is -0.457. The Labute approximate surface area is 153 Å². The molecule has 1 heterocycles. The van der Waals surface area contributed by atoms with E-state index in [-0.39, 0.29) is 12.5 Å². The van der Waals surface area contributed by atoms with Crippen LogP contribution in [0, 0.1) is 5.92 Å². The standard InChI is InChI=1S/C21H25NO4/c1-2-26-20-9-8-15(10-17(20)14-23)11-22-12-18(19(13-22)21(24)25)16-6-4-3-5-7-16/h3-10,18-19,23H,2,11-14H2,1H3,(H,24,25)/t18-,19+/m1/s1. The lowest BCUT2D eigenvalue weighted by Crippen LogP contribution is -2.23. The number of hydrogen-bond acceptors (Lipinski definition) is 4. The molecule has 5 heteroatoms. The number of aliphatic hydroxyl groups excluding tert-OH is 1. The van der Waals surface area contributed by atoms with Crippen LogP contribution in [0.25, 0.3) is 0 Å². The van der Waals surface area contributed by atoms with Crippen molar-refractivity contribution in [2.75, 3.05) is 19.7 Å². The Hall–Kier alpha value is -2.37. The summed E-state index contributed by atoms with van der Waals surface area (Å²) < 4.78 is 5.52. The average Bonchev–Trinajstić information content (AvgIpc) is 3.08. The van der Waals surface area contributed by atoms with Crippen LogP contribution < -0.4 is 4.74 Å². The van der Waals surface area contributed by atoms with E-state index in [9.17, 15) is 15.0 Å². The van der Waals surface area contributed by atoms with Crippen molar-refractivity contribution in [1.29, 1.82) is 0 Å². The number of aliphatic carboxylic acids is 1. The summed E-state index contributed by atoms with van der Waals surface area (Å²) in [5, 5.41) is 19.2. The van der Waals surface area contributed by atoms with Gasteiger partial charge in [-0.25, -0.2) is 0 Å². The summed E-state index contributed by atoms with van der Waals surface area (Å²) in [7, 11) is 0. The third kappa shape index (κ3) is 4.06. The second-order valence-corrected chi connectivity index (χ2v) is 6.69. The van der Waals surface area contributed by atoms with E-state index in [0.29, 0.717) is 32.0 Å². The van der Waals surface area contributed by atoms with Gasteiger partial charge in [0.25, 0.3) is 0 Å². The molecule has 5 nitrogen and oxygen atoms in total. The molecule has 2 atom stereocenters. The Morgan fingerprint density at radius 3 is 2.62 bits per heavy atom. The summed E-state index contributed by atoms with van der Waals surface area (Å²) in [6.45, 7) is 4.28. The molecule has 2 N–H and O–H groups in total. The Bertz CT molecular complexity index is 747. The average molecular weight is 355 g/mol. The molecule has 138 valence electrons. The Morgan fingerprint density at radius 2 is 1.96 bits per heavy atom. The van der Waals surface area contributed by atoms with Gasteiger partial charge in [0.05, 0.1) is 19.1 Å². The third-order valence-electron chi connectivity index (χ3n) is 4.94. The third-order valence-corrected chi connectivity index (χ3v) is 4.94. The summed E-state index contributed by atoms with van der Waals surface area (Å²) in [4.78, 5) is 13.9. The van der Waals surface area contributed by atoms with Gasteiger partial charge in [0.15, 0.2) is 0 Å². The summed E-state index contributed by atoms with van der Waals surface area (Å²) >= 11 is 0. The molecule has 1 aliphatic rings. The molecule has 3 rings (SSSR count). The largest absolute Gasteiger partial charge is 0.494 e. The van der Waals surface area contributed by atoms with Crippen LogP contribution in [0.3, 0.4) is 0 Å². The van der Waals surface area contributed by atoms with E-state index < -0.39 is 11.9 Å². The topological polar surface area (TPSA) is 70.0 Å². The van der Waals surface area contributed by atoms with Gasteiger partial charge in [-0.1, -0.05) is 36.4 Å². The van der Waals surface area contributed by atoms with Gasteiger partial charge in [-0.2, -0.15) is 0 Å². The first-order chi connectivity index (χ1) is 12.6. The van der Waals surface area contributed by atoms with Crippen LogP contribution in [0.15, 0.2) is 48.5 Å². The second-order valence-electron chi connectivity index (χ2n) is 6.69. The number of carboxylic acids is 1. The molecule has 1 saturated heterocycles. The van der Waals surface area contributed by atoms with Crippen LogP contribution in [-0.4, -0.2) is 40.8 Å². The van der Waals surface area contributed by atoms with Crippen molar-refractivity contribution >= 4 is 5.97 Å². The van der Waals surface area contributed by atoms with E-state index in [0.717, 1.165) is 16.7 Å². The monoisotopic (exact) mass is 355 g/mol. The molecule has 0 radical (unpaired) electrons. The molecule has 1 fully saturated rings. The number of rotatable bonds is 7. The maximum absolute atomic E-state index is 11.7. The fourth-order valence-corrected chi connectivity index (χ4v) is 3.71. The van der Waals surface area contributed by atoms with Crippen molar-refractivity contribution in [3.05, 3.63) is 65.2 Å². The van der Waals surface area contributed by atoms with Gasteiger partial charge in [-0.15, -0.1) is 0 Å². The van der Waals surface area contributed by atoms with Crippen molar-refractivity contribution in [3.8, 4) is 5.75 Å². The van der Waals surface area contributed by atoms with E-state index in [1.165, 1.54) is 0 Å². The van der Waals surface area contributed by atoms with Crippen molar-refractivity contribution in [1.82, 2.24) is 4.90 Å². The molecule has 0 spiro atoms. The smallest absolute Gasteiger partial charge is 0.308 e. The lowest BCUT2D eigenvalue weighted by molar-refractivity contribution is -0.141. The zero-order chi connectivity index (χ0) is 18.5. The summed E-state index contributed by atoms with van der Waals surface area (Å²) in [6.07, 6.45) is 0. The molecule has 0 aliphatic carbocycles. The first kappa shape index (κ1) is 18.4. The number of carbonyl (C=O) groups is 1. The van der Waals surface area contributed by atoms with Crippen molar-refractivity contribution in [3.63, 3.8) is 0 Å². The van der Waals surface area contributed by atoms with Gasteiger partial charge in [0, 0.05) is 31.1 Å². The number of hydrogen-bond donors (Lipinski definition) is 2. The second kappa shape index (κ2) is 8.34. The van der Waals surface area contributed by atoms with E-state index in [2.05, 4.69) is 4.90 Å². The summed E-state index contributed by atoms with van der Waals surface area (Å²) in [5.41, 5.74) is 2.89. The summed E-state index contributed by atoms with van der Waals surface area (Å²) in [6, 6.07) is 15.7. The Kier molecular flexibility index (Phi) is 5.91. The molecular formula is C21H25NO4. The molecule has 0 aromatic heterocycles. The molecule has 0 saturated carbocycles. The number of carboxylic acid groups (broad SMARTS) is 1. The molecule has 2 aromatic rings. The van der Waals surface area contributed by atoms with E-state index in [1.807, 2.05) is 55.5 Å². The quantitative estimate of drug-likeness (QED) is 0.799. The minimum Gasteiger partial charge on any atom is -0.494 e. The number of nitrogens with zero attached hydrogens (tertiary/aromatic N) is 1. The Balaban J connectivity index is 1.75. The first-order valence-electron chi connectivity index (χ1n) is 8.98. The first-order valence-corrected chi connectivity index (χ1v) is 8.98. The lowest BCUT2D eigenvalue weighted by atomic mass is 9.89. The van der Waals surface area contributed by atoms with Crippen LogP contribution in [0.5, 0.6) is 5.75 Å². The minimum absolute atomic E-state index is 0.00582. The fourth-order valence-electron chi connectivity index (χ4n) is 3.71. The SMILES string of the molecule is CCOc1ccc(CN2C[C@H](C(=O)O)[C@@H](c3ccccc3)C2)cc1CO. The van der Waals surface area contributed by atoms with Gasteiger partial charge >= 0.3 is 5.97 Å². The zero-order valence-electron chi connectivity index (χ0n) is 15.0. The number of ether oxygens (including phenoxy) is 1. The molecule has 0 bridgehead atoms. The lowest BCUT2D eigenvalue weighted by Gasteiger charge is -2.17.